The second-order valence-electron chi connectivity index (χ2n) is 5.33. The number of nitrogens with zero attached hydrogens (tertiary/aromatic N) is 3. The second-order valence-corrected chi connectivity index (χ2v) is 5.33. The molecule has 1 aliphatic rings. The third-order valence-corrected chi connectivity index (χ3v) is 3.81. The Bertz CT molecular complexity index is 550. The van der Waals surface area contributed by atoms with Crippen LogP contribution in [0, 0.1) is 6.92 Å². The van der Waals surface area contributed by atoms with Crippen LogP contribution in [0.3, 0.4) is 0 Å². The van der Waals surface area contributed by atoms with Gasteiger partial charge in [0.1, 0.15) is 0 Å². The topological polar surface area (TPSA) is 67.2 Å². The summed E-state index contributed by atoms with van der Waals surface area (Å²) in [5, 5.41) is 6.99. The maximum Gasteiger partial charge on any atom is 0.243 e. The number of aromatic nitrogens is 2. The van der Waals surface area contributed by atoms with Gasteiger partial charge < -0.3 is 10.2 Å². The highest BCUT2D eigenvalue weighted by Gasteiger charge is 2.31. The van der Waals surface area contributed by atoms with Gasteiger partial charge in [0.25, 0.3) is 0 Å². The lowest BCUT2D eigenvalue weighted by Crippen LogP contribution is -2.34. The Balaban J connectivity index is 1.98. The molecule has 1 saturated heterocycles. The lowest BCUT2D eigenvalue weighted by Gasteiger charge is -2.24. The number of aryl methyl sites for hydroxylation is 2. The van der Waals surface area contributed by atoms with Crippen molar-refractivity contribution < 1.29 is 9.59 Å². The number of amides is 2. The molecule has 1 unspecified atom stereocenters. The van der Waals surface area contributed by atoms with E-state index in [2.05, 4.69) is 17.0 Å². The second kappa shape index (κ2) is 6.56. The van der Waals surface area contributed by atoms with Gasteiger partial charge in [-0.1, -0.05) is 6.58 Å². The first-order valence-electron chi connectivity index (χ1n) is 7.22. The van der Waals surface area contributed by atoms with Gasteiger partial charge in [0.2, 0.25) is 11.8 Å². The third kappa shape index (κ3) is 3.51. The molecule has 1 aromatic heterocycles. The van der Waals surface area contributed by atoms with Crippen LogP contribution in [-0.4, -0.2) is 39.6 Å². The van der Waals surface area contributed by atoms with Crippen molar-refractivity contribution >= 4 is 11.8 Å². The van der Waals surface area contributed by atoms with Crippen LogP contribution in [0.4, 0.5) is 0 Å². The van der Waals surface area contributed by atoms with Gasteiger partial charge in [-0.3, -0.25) is 14.3 Å². The Morgan fingerprint density at radius 2 is 2.33 bits per heavy atom. The SMILES string of the molecule is C=CC(=O)NCCC(=O)N1CCCC1c1cn(C)nc1C. The van der Waals surface area contributed by atoms with Crippen LogP contribution in [0.15, 0.2) is 18.9 Å². The molecule has 114 valence electrons. The summed E-state index contributed by atoms with van der Waals surface area (Å²) < 4.78 is 1.79. The van der Waals surface area contributed by atoms with Crippen LogP contribution in [0.2, 0.25) is 0 Å². The minimum absolute atomic E-state index is 0.0742. The molecule has 0 saturated carbocycles. The van der Waals surface area contributed by atoms with Crippen LogP contribution in [0.25, 0.3) is 0 Å². The predicted molar refractivity (Wildman–Crippen MR) is 79.5 cm³/mol. The van der Waals surface area contributed by atoms with Crippen LogP contribution in [0.1, 0.15) is 36.6 Å². The first-order chi connectivity index (χ1) is 10.0. The first kappa shape index (κ1) is 15.3. The highest BCUT2D eigenvalue weighted by atomic mass is 16.2. The Morgan fingerprint density at radius 1 is 1.57 bits per heavy atom. The number of nitrogens with one attached hydrogen (secondary N) is 1. The monoisotopic (exact) mass is 290 g/mol. The summed E-state index contributed by atoms with van der Waals surface area (Å²) >= 11 is 0. The molecule has 1 atom stereocenters. The Morgan fingerprint density at radius 3 is 2.95 bits per heavy atom. The largest absolute Gasteiger partial charge is 0.352 e. The average molecular weight is 290 g/mol. The fourth-order valence-electron chi connectivity index (χ4n) is 2.84. The number of hydrogen-bond acceptors (Lipinski definition) is 3. The fraction of sp³-hybridized carbons (Fsp3) is 0.533. The van der Waals surface area contributed by atoms with Crippen LogP contribution >= 0.6 is 0 Å². The van der Waals surface area contributed by atoms with Gasteiger partial charge in [-0.2, -0.15) is 5.10 Å². The summed E-state index contributed by atoms with van der Waals surface area (Å²) in [4.78, 5) is 25.3. The lowest BCUT2D eigenvalue weighted by molar-refractivity contribution is -0.132. The van der Waals surface area contributed by atoms with E-state index >= 15 is 0 Å². The third-order valence-electron chi connectivity index (χ3n) is 3.81. The molecular formula is C15H22N4O2. The Kier molecular flexibility index (Phi) is 4.77. The van der Waals surface area contributed by atoms with E-state index in [0.29, 0.717) is 13.0 Å². The van der Waals surface area contributed by atoms with Gasteiger partial charge in [0.15, 0.2) is 0 Å². The smallest absolute Gasteiger partial charge is 0.243 e. The van der Waals surface area contributed by atoms with Crippen molar-refractivity contribution in [1.29, 1.82) is 0 Å². The van der Waals surface area contributed by atoms with Crippen LogP contribution in [-0.2, 0) is 16.6 Å². The van der Waals surface area contributed by atoms with Crippen molar-refractivity contribution in [3.05, 3.63) is 30.1 Å². The summed E-state index contributed by atoms with van der Waals surface area (Å²) in [6.07, 6.45) is 5.49. The quantitative estimate of drug-likeness (QED) is 0.825. The van der Waals surface area contributed by atoms with E-state index in [1.807, 2.05) is 25.1 Å². The minimum Gasteiger partial charge on any atom is -0.352 e. The zero-order chi connectivity index (χ0) is 15.4. The van der Waals surface area contributed by atoms with E-state index in [1.54, 1.807) is 4.68 Å². The fourth-order valence-corrected chi connectivity index (χ4v) is 2.84. The number of likely N-dealkylation sites (tertiary alicyclic amines) is 1. The molecule has 1 aliphatic heterocycles. The number of carbonyl (C=O) groups is 2. The van der Waals surface area contributed by atoms with Gasteiger partial charge >= 0.3 is 0 Å². The van der Waals surface area contributed by atoms with Crippen molar-refractivity contribution in [3.63, 3.8) is 0 Å². The molecule has 0 radical (unpaired) electrons. The molecule has 21 heavy (non-hydrogen) atoms. The van der Waals surface area contributed by atoms with E-state index in [0.717, 1.165) is 30.6 Å². The molecular weight excluding hydrogens is 268 g/mol. The van der Waals surface area contributed by atoms with Gasteiger partial charge in [0.05, 0.1) is 11.7 Å². The number of rotatable bonds is 5. The molecule has 2 rings (SSSR count). The normalized spacial score (nSPS) is 17.8. The minimum atomic E-state index is -0.246. The summed E-state index contributed by atoms with van der Waals surface area (Å²) in [6, 6.07) is 0.112. The van der Waals surface area contributed by atoms with Gasteiger partial charge in [-0.15, -0.1) is 0 Å². The molecule has 2 amide bonds. The maximum absolute atomic E-state index is 12.3. The molecule has 1 aromatic rings. The molecule has 1 fully saturated rings. The average Bonchev–Trinajstić information content (AvgIpc) is 3.04. The summed E-state index contributed by atoms with van der Waals surface area (Å²) in [5.74, 6) is -0.172. The molecule has 1 N–H and O–H groups in total. The highest BCUT2D eigenvalue weighted by molar-refractivity contribution is 5.87. The van der Waals surface area contributed by atoms with Crippen LogP contribution in [0.5, 0.6) is 0 Å². The zero-order valence-corrected chi connectivity index (χ0v) is 12.6. The number of carbonyl (C=O) groups excluding carboxylic acids is 2. The number of hydrogen-bond donors (Lipinski definition) is 1. The van der Waals surface area contributed by atoms with Crippen molar-refractivity contribution in [3.8, 4) is 0 Å². The van der Waals surface area contributed by atoms with Crippen molar-refractivity contribution in [1.82, 2.24) is 20.0 Å². The molecule has 6 heteroatoms. The Labute approximate surface area is 124 Å². The lowest BCUT2D eigenvalue weighted by atomic mass is 10.1. The van der Waals surface area contributed by atoms with Gasteiger partial charge in [-0.25, -0.2) is 0 Å². The Hall–Kier alpha value is -2.11. The van der Waals surface area contributed by atoms with E-state index in [1.165, 1.54) is 6.08 Å². The first-order valence-corrected chi connectivity index (χ1v) is 7.22. The van der Waals surface area contributed by atoms with Crippen molar-refractivity contribution in [2.75, 3.05) is 13.1 Å². The molecule has 0 bridgehead atoms. The molecule has 0 aromatic carbocycles. The summed E-state index contributed by atoms with van der Waals surface area (Å²) in [6.45, 7) is 6.47. The van der Waals surface area contributed by atoms with E-state index < -0.39 is 0 Å². The van der Waals surface area contributed by atoms with Gasteiger partial charge in [0, 0.05) is 38.3 Å². The van der Waals surface area contributed by atoms with E-state index in [-0.39, 0.29) is 17.9 Å². The molecule has 2 heterocycles. The standard InChI is InChI=1S/C15H22N4O2/c1-4-14(20)16-8-7-15(21)19-9-5-6-13(19)12-10-18(3)17-11(12)2/h4,10,13H,1,5-9H2,2-3H3,(H,16,20). The maximum atomic E-state index is 12.3. The summed E-state index contributed by atoms with van der Waals surface area (Å²) in [7, 11) is 1.89. The highest BCUT2D eigenvalue weighted by Crippen LogP contribution is 2.33. The molecule has 0 aliphatic carbocycles. The van der Waals surface area contributed by atoms with Crippen LogP contribution < -0.4 is 5.32 Å². The predicted octanol–water partition coefficient (Wildman–Crippen LogP) is 1.08. The molecule has 0 spiro atoms. The van der Waals surface area contributed by atoms with Gasteiger partial charge in [-0.05, 0) is 25.8 Å². The molecule has 6 nitrogen and oxygen atoms in total. The zero-order valence-electron chi connectivity index (χ0n) is 12.6. The van der Waals surface area contributed by atoms with E-state index in [4.69, 9.17) is 0 Å². The van der Waals surface area contributed by atoms with Crippen molar-refractivity contribution in [2.24, 2.45) is 7.05 Å². The van der Waals surface area contributed by atoms with E-state index in [9.17, 15) is 9.59 Å². The summed E-state index contributed by atoms with van der Waals surface area (Å²) in [5.41, 5.74) is 2.10. The van der Waals surface area contributed by atoms with Crippen molar-refractivity contribution in [2.45, 2.75) is 32.2 Å².